The van der Waals surface area contributed by atoms with Gasteiger partial charge in [0.2, 0.25) is 0 Å². The number of likely N-dealkylation sites (tertiary alicyclic amines) is 1. The molecule has 2 aliphatic rings. The van der Waals surface area contributed by atoms with Crippen LogP contribution in [0.4, 0.5) is 0 Å². The van der Waals surface area contributed by atoms with E-state index in [9.17, 15) is 0 Å². The van der Waals surface area contributed by atoms with Gasteiger partial charge in [0.15, 0.2) is 0 Å². The first-order valence-electron chi connectivity index (χ1n) is 7.66. The largest absolute Gasteiger partial charge is 0.310 e. The summed E-state index contributed by atoms with van der Waals surface area (Å²) in [5.74, 6) is 0. The van der Waals surface area contributed by atoms with Crippen molar-refractivity contribution in [3.05, 3.63) is 22.4 Å². The summed E-state index contributed by atoms with van der Waals surface area (Å²) in [7, 11) is 0. The zero-order chi connectivity index (χ0) is 13.3. The first kappa shape index (κ1) is 13.6. The molecule has 1 aliphatic heterocycles. The summed E-state index contributed by atoms with van der Waals surface area (Å²) in [6.45, 7) is 8.48. The number of hydrogen-bond acceptors (Lipinski definition) is 3. The maximum Gasteiger partial charge on any atom is 0.0198 e. The third-order valence-electron chi connectivity index (χ3n) is 4.36. The second kappa shape index (κ2) is 5.55. The molecule has 0 aromatic carbocycles. The normalized spacial score (nSPS) is 25.7. The van der Waals surface area contributed by atoms with Gasteiger partial charge >= 0.3 is 0 Å². The second-order valence-corrected chi connectivity index (χ2v) is 7.82. The molecule has 19 heavy (non-hydrogen) atoms. The third kappa shape index (κ3) is 3.59. The highest BCUT2D eigenvalue weighted by atomic mass is 32.1. The SMILES string of the molecule is CC(C)(CN1CCCC(NC2CC2)C1)c1cccs1. The van der Waals surface area contributed by atoms with Crippen LogP contribution in [0.15, 0.2) is 17.5 Å². The molecule has 1 aromatic heterocycles. The van der Waals surface area contributed by atoms with E-state index < -0.39 is 0 Å². The first-order chi connectivity index (χ1) is 9.13. The highest BCUT2D eigenvalue weighted by Crippen LogP contribution is 2.29. The summed E-state index contributed by atoms with van der Waals surface area (Å²) in [6.07, 6.45) is 5.52. The Morgan fingerprint density at radius 2 is 2.16 bits per heavy atom. The molecular formula is C16H26N2S. The molecule has 1 unspecified atom stereocenters. The van der Waals surface area contributed by atoms with Gasteiger partial charge in [-0.3, -0.25) is 0 Å². The maximum atomic E-state index is 3.80. The van der Waals surface area contributed by atoms with Crippen molar-refractivity contribution in [1.82, 2.24) is 10.2 Å². The minimum absolute atomic E-state index is 0.287. The van der Waals surface area contributed by atoms with Crippen LogP contribution in [0.25, 0.3) is 0 Å². The predicted molar refractivity (Wildman–Crippen MR) is 83.0 cm³/mol. The quantitative estimate of drug-likeness (QED) is 0.889. The molecule has 1 saturated heterocycles. The monoisotopic (exact) mass is 278 g/mol. The Bertz CT molecular complexity index is 395. The van der Waals surface area contributed by atoms with Crippen LogP contribution in [0.3, 0.4) is 0 Å². The fraction of sp³-hybridized carbons (Fsp3) is 0.750. The van der Waals surface area contributed by atoms with E-state index in [1.807, 2.05) is 11.3 Å². The van der Waals surface area contributed by atoms with Gasteiger partial charge in [-0.25, -0.2) is 0 Å². The summed E-state index contributed by atoms with van der Waals surface area (Å²) in [5.41, 5.74) is 0.287. The predicted octanol–water partition coefficient (Wildman–Crippen LogP) is 3.24. The minimum atomic E-state index is 0.287. The maximum absolute atomic E-state index is 3.80. The highest BCUT2D eigenvalue weighted by molar-refractivity contribution is 7.10. The molecule has 1 N–H and O–H groups in total. The van der Waals surface area contributed by atoms with Crippen LogP contribution in [-0.2, 0) is 5.41 Å². The number of thiophene rings is 1. The van der Waals surface area contributed by atoms with E-state index in [4.69, 9.17) is 0 Å². The molecule has 0 spiro atoms. The fourth-order valence-electron chi connectivity index (χ4n) is 3.22. The summed E-state index contributed by atoms with van der Waals surface area (Å²) in [4.78, 5) is 4.19. The van der Waals surface area contributed by atoms with Crippen LogP contribution >= 0.6 is 11.3 Å². The second-order valence-electron chi connectivity index (χ2n) is 6.88. The van der Waals surface area contributed by atoms with Gasteiger partial charge in [-0.1, -0.05) is 19.9 Å². The Kier molecular flexibility index (Phi) is 3.97. The third-order valence-corrected chi connectivity index (χ3v) is 5.60. The lowest BCUT2D eigenvalue weighted by Crippen LogP contribution is -2.49. The molecule has 3 rings (SSSR count). The Morgan fingerprint density at radius 3 is 2.84 bits per heavy atom. The molecule has 0 bridgehead atoms. The zero-order valence-corrected chi connectivity index (χ0v) is 13.0. The molecule has 2 nitrogen and oxygen atoms in total. The van der Waals surface area contributed by atoms with E-state index in [0.717, 1.165) is 12.1 Å². The summed E-state index contributed by atoms with van der Waals surface area (Å²) in [5, 5.41) is 6.00. The first-order valence-corrected chi connectivity index (χ1v) is 8.54. The molecule has 3 heteroatoms. The Balaban J connectivity index is 1.56. The lowest BCUT2D eigenvalue weighted by Gasteiger charge is -2.38. The molecule has 1 aromatic rings. The number of hydrogen-bond donors (Lipinski definition) is 1. The molecule has 0 radical (unpaired) electrons. The Hall–Kier alpha value is -0.380. The van der Waals surface area contributed by atoms with E-state index in [0.29, 0.717) is 0 Å². The highest BCUT2D eigenvalue weighted by Gasteiger charge is 2.30. The number of nitrogens with zero attached hydrogens (tertiary/aromatic N) is 1. The summed E-state index contributed by atoms with van der Waals surface area (Å²) in [6, 6.07) is 6.04. The van der Waals surface area contributed by atoms with Gasteiger partial charge in [0, 0.05) is 35.5 Å². The van der Waals surface area contributed by atoms with Gasteiger partial charge in [0.05, 0.1) is 0 Å². The molecule has 2 fully saturated rings. The standard InChI is InChI=1S/C16H26N2S/c1-16(2,15-6-4-10-19-15)12-18-9-3-5-14(11-18)17-13-7-8-13/h4,6,10,13-14,17H,3,5,7-9,11-12H2,1-2H3. The number of rotatable bonds is 5. The van der Waals surface area contributed by atoms with E-state index in [1.165, 1.54) is 50.2 Å². The van der Waals surface area contributed by atoms with Crippen LogP contribution in [0.1, 0.15) is 44.4 Å². The van der Waals surface area contributed by atoms with Gasteiger partial charge in [-0.2, -0.15) is 0 Å². The van der Waals surface area contributed by atoms with Crippen molar-refractivity contribution in [3.8, 4) is 0 Å². The van der Waals surface area contributed by atoms with Crippen LogP contribution in [0.2, 0.25) is 0 Å². The Morgan fingerprint density at radius 1 is 1.32 bits per heavy atom. The summed E-state index contributed by atoms with van der Waals surface area (Å²) < 4.78 is 0. The van der Waals surface area contributed by atoms with Gasteiger partial charge in [0.1, 0.15) is 0 Å². The van der Waals surface area contributed by atoms with E-state index in [2.05, 4.69) is 41.6 Å². The summed E-state index contributed by atoms with van der Waals surface area (Å²) >= 11 is 1.90. The van der Waals surface area contributed by atoms with Crippen LogP contribution < -0.4 is 5.32 Å². The van der Waals surface area contributed by atoms with Crippen molar-refractivity contribution in [2.45, 2.75) is 57.0 Å². The van der Waals surface area contributed by atoms with E-state index >= 15 is 0 Å². The lowest BCUT2D eigenvalue weighted by molar-refractivity contribution is 0.161. The zero-order valence-electron chi connectivity index (χ0n) is 12.2. The topological polar surface area (TPSA) is 15.3 Å². The van der Waals surface area contributed by atoms with Crippen molar-refractivity contribution in [2.24, 2.45) is 0 Å². The smallest absolute Gasteiger partial charge is 0.0198 e. The van der Waals surface area contributed by atoms with Crippen LogP contribution in [-0.4, -0.2) is 36.6 Å². The molecule has 1 saturated carbocycles. The van der Waals surface area contributed by atoms with Gasteiger partial charge in [0.25, 0.3) is 0 Å². The number of nitrogens with one attached hydrogen (secondary N) is 1. The average molecular weight is 278 g/mol. The fourth-order valence-corrected chi connectivity index (χ4v) is 4.06. The molecule has 1 aliphatic carbocycles. The molecule has 106 valence electrons. The Labute approximate surface area is 121 Å². The van der Waals surface area contributed by atoms with Crippen molar-refractivity contribution in [2.75, 3.05) is 19.6 Å². The van der Waals surface area contributed by atoms with Crippen molar-refractivity contribution in [1.29, 1.82) is 0 Å². The van der Waals surface area contributed by atoms with Crippen molar-refractivity contribution in [3.63, 3.8) is 0 Å². The van der Waals surface area contributed by atoms with Crippen molar-refractivity contribution >= 4 is 11.3 Å². The average Bonchev–Trinajstić information content (AvgIpc) is 2.99. The molecule has 2 heterocycles. The molecular weight excluding hydrogens is 252 g/mol. The van der Waals surface area contributed by atoms with Crippen molar-refractivity contribution < 1.29 is 0 Å². The van der Waals surface area contributed by atoms with Gasteiger partial charge in [-0.15, -0.1) is 11.3 Å². The number of piperidine rings is 1. The van der Waals surface area contributed by atoms with Crippen LogP contribution in [0.5, 0.6) is 0 Å². The van der Waals surface area contributed by atoms with Gasteiger partial charge < -0.3 is 10.2 Å². The lowest BCUT2D eigenvalue weighted by atomic mass is 9.89. The van der Waals surface area contributed by atoms with E-state index in [1.54, 1.807) is 0 Å². The minimum Gasteiger partial charge on any atom is -0.310 e. The van der Waals surface area contributed by atoms with E-state index in [-0.39, 0.29) is 5.41 Å². The van der Waals surface area contributed by atoms with Crippen LogP contribution in [0, 0.1) is 0 Å². The molecule has 0 amide bonds. The molecule has 1 atom stereocenters. The van der Waals surface area contributed by atoms with Gasteiger partial charge in [-0.05, 0) is 43.7 Å².